The Morgan fingerprint density at radius 2 is 1.67 bits per heavy atom. The number of carboxylic acid groups (broad SMARTS) is 1. The second kappa shape index (κ2) is 17.0. The fourth-order valence-electron chi connectivity index (χ4n) is 6.98. The lowest BCUT2D eigenvalue weighted by Crippen LogP contribution is -2.53. The lowest BCUT2D eigenvalue weighted by Gasteiger charge is -2.37. The molecule has 1 saturated heterocycles. The van der Waals surface area contributed by atoms with Crippen molar-refractivity contribution in [2.24, 2.45) is 0 Å². The molecule has 2 atom stereocenters. The molecule has 2 heterocycles. The molecular formula is C38H48N4O7S2. The van der Waals surface area contributed by atoms with E-state index in [1.165, 1.54) is 22.7 Å². The number of rotatable bonds is 15. The highest BCUT2D eigenvalue weighted by Gasteiger charge is 2.42. The molecule has 0 bridgehead atoms. The molecule has 13 heteroatoms. The Kier molecular flexibility index (Phi) is 12.7. The Bertz CT molecular complexity index is 1780. The first-order valence-corrected chi connectivity index (χ1v) is 20.3. The Morgan fingerprint density at radius 1 is 1.02 bits per heavy atom. The number of benzene rings is 3. The van der Waals surface area contributed by atoms with E-state index in [0.29, 0.717) is 48.4 Å². The highest BCUT2D eigenvalue weighted by atomic mass is 32.2. The fraction of sp³-hybridized carbons (Fsp3) is 0.447. The van der Waals surface area contributed by atoms with E-state index in [0.717, 1.165) is 31.4 Å². The number of thioether (sulfide) groups is 1. The van der Waals surface area contributed by atoms with Crippen LogP contribution in [0.2, 0.25) is 0 Å². The van der Waals surface area contributed by atoms with Gasteiger partial charge in [-0.2, -0.15) is 0 Å². The van der Waals surface area contributed by atoms with Crippen LogP contribution in [-0.2, 0) is 24.4 Å². The van der Waals surface area contributed by atoms with E-state index in [9.17, 15) is 27.9 Å². The number of likely N-dealkylation sites (tertiary alicyclic amines) is 1. The number of carbonyl (C=O) groups excluding carboxylic acids is 2. The fourth-order valence-corrected chi connectivity index (χ4v) is 9.18. The minimum Gasteiger partial charge on any atom is -0.483 e. The van der Waals surface area contributed by atoms with Crippen LogP contribution in [0.1, 0.15) is 76.8 Å². The van der Waals surface area contributed by atoms with E-state index in [1.807, 2.05) is 42.7 Å². The molecule has 0 spiro atoms. The molecule has 274 valence electrons. The number of nitrogens with zero attached hydrogens (tertiary/aromatic N) is 2. The first kappa shape index (κ1) is 38.2. The Labute approximate surface area is 305 Å². The Morgan fingerprint density at radius 3 is 2.27 bits per heavy atom. The summed E-state index contributed by atoms with van der Waals surface area (Å²) in [6, 6.07) is 19.6. The monoisotopic (exact) mass is 736 g/mol. The molecular weight excluding hydrogens is 689 g/mol. The number of carbonyl (C=O) groups is 3. The van der Waals surface area contributed by atoms with Crippen LogP contribution < -0.4 is 19.7 Å². The number of unbranched alkanes of at least 4 members (excludes halogenated alkanes) is 2. The summed E-state index contributed by atoms with van der Waals surface area (Å²) in [6.45, 7) is 4.43. The maximum Gasteiger partial charge on any atom is 0.326 e. The van der Waals surface area contributed by atoms with Gasteiger partial charge in [0.2, 0.25) is 10.0 Å². The number of aliphatic carboxylic acids is 1. The van der Waals surface area contributed by atoms with Gasteiger partial charge in [-0.1, -0.05) is 88.1 Å². The molecule has 0 aliphatic carbocycles. The van der Waals surface area contributed by atoms with Gasteiger partial charge in [-0.3, -0.25) is 9.59 Å². The maximum absolute atomic E-state index is 14.3. The molecule has 3 aromatic carbocycles. The van der Waals surface area contributed by atoms with E-state index in [4.69, 9.17) is 4.74 Å². The Hall–Kier alpha value is -4.07. The van der Waals surface area contributed by atoms with Gasteiger partial charge in [-0.25, -0.2) is 17.9 Å². The summed E-state index contributed by atoms with van der Waals surface area (Å²) >= 11 is 1.37. The number of amides is 2. The summed E-state index contributed by atoms with van der Waals surface area (Å²) < 4.78 is 37.8. The van der Waals surface area contributed by atoms with Crippen molar-refractivity contribution >= 4 is 50.9 Å². The minimum absolute atomic E-state index is 0.0560. The minimum atomic E-state index is -4.04. The highest BCUT2D eigenvalue weighted by Crippen LogP contribution is 2.44. The highest BCUT2D eigenvalue weighted by molar-refractivity contribution is 7.98. The number of nitrogens with one attached hydrogen (secondary N) is 2. The third kappa shape index (κ3) is 8.88. The zero-order valence-corrected chi connectivity index (χ0v) is 31.1. The van der Waals surface area contributed by atoms with Crippen LogP contribution in [0.25, 0.3) is 0 Å². The summed E-state index contributed by atoms with van der Waals surface area (Å²) in [7, 11) is -4.04. The quantitative estimate of drug-likeness (QED) is 0.154. The first-order valence-electron chi connectivity index (χ1n) is 17.6. The second-order valence-corrected chi connectivity index (χ2v) is 15.7. The molecule has 2 aliphatic heterocycles. The summed E-state index contributed by atoms with van der Waals surface area (Å²) in [5.41, 5.74) is 1.20. The predicted molar refractivity (Wildman–Crippen MR) is 199 cm³/mol. The van der Waals surface area contributed by atoms with Crippen LogP contribution in [0.5, 0.6) is 5.75 Å². The van der Waals surface area contributed by atoms with Gasteiger partial charge in [0.25, 0.3) is 11.8 Å². The average molecular weight is 737 g/mol. The molecule has 1 fully saturated rings. The molecule has 0 radical (unpaired) electrons. The van der Waals surface area contributed by atoms with Crippen molar-refractivity contribution in [1.29, 1.82) is 0 Å². The van der Waals surface area contributed by atoms with Crippen molar-refractivity contribution in [2.75, 3.05) is 30.9 Å². The molecule has 51 heavy (non-hydrogen) atoms. The summed E-state index contributed by atoms with van der Waals surface area (Å²) in [4.78, 5) is 43.1. The third-order valence-electron chi connectivity index (χ3n) is 9.59. The van der Waals surface area contributed by atoms with E-state index in [-0.39, 0.29) is 17.2 Å². The molecule has 11 nitrogen and oxygen atoms in total. The lowest BCUT2D eigenvalue weighted by atomic mass is 9.87. The maximum atomic E-state index is 14.3. The van der Waals surface area contributed by atoms with E-state index in [1.54, 1.807) is 30.3 Å². The number of para-hydroxylation sites is 1. The summed E-state index contributed by atoms with van der Waals surface area (Å²) in [5, 5.41) is 12.4. The molecule has 2 aliphatic rings. The van der Waals surface area contributed by atoms with Crippen molar-refractivity contribution in [3.05, 3.63) is 78.4 Å². The van der Waals surface area contributed by atoms with Gasteiger partial charge in [0, 0.05) is 24.8 Å². The molecule has 3 aromatic rings. The van der Waals surface area contributed by atoms with Gasteiger partial charge in [0.05, 0.1) is 16.1 Å². The van der Waals surface area contributed by atoms with Crippen LogP contribution in [-0.4, -0.2) is 73.7 Å². The lowest BCUT2D eigenvalue weighted by molar-refractivity contribution is -0.149. The number of carboxylic acids is 1. The molecule has 0 aromatic heterocycles. The van der Waals surface area contributed by atoms with Crippen molar-refractivity contribution in [3.63, 3.8) is 0 Å². The van der Waals surface area contributed by atoms with Crippen LogP contribution in [0, 0.1) is 0 Å². The SMILES string of the molecule is CCCCC1(CCCC)CN(c2ccccc2)c2cc(SC)c(OCC(=O)NC(C(=O)N3CCCC3C(=O)O)c3ccccc3)cc2S(=O)(=O)N1. The number of anilines is 2. The van der Waals surface area contributed by atoms with Gasteiger partial charge < -0.3 is 25.0 Å². The smallest absolute Gasteiger partial charge is 0.326 e. The normalized spacial score (nSPS) is 18.4. The number of sulfonamides is 1. The molecule has 3 N–H and O–H groups in total. The second-order valence-electron chi connectivity index (χ2n) is 13.2. The molecule has 0 saturated carbocycles. The number of ether oxygens (including phenoxy) is 1. The van der Waals surface area contributed by atoms with Crippen LogP contribution in [0.3, 0.4) is 0 Å². The summed E-state index contributed by atoms with van der Waals surface area (Å²) in [6.07, 6.45) is 7.71. The van der Waals surface area contributed by atoms with Crippen LogP contribution >= 0.6 is 11.8 Å². The van der Waals surface area contributed by atoms with E-state index in [2.05, 4.69) is 28.8 Å². The van der Waals surface area contributed by atoms with E-state index < -0.39 is 52.0 Å². The topological polar surface area (TPSA) is 145 Å². The average Bonchev–Trinajstić information content (AvgIpc) is 3.61. The predicted octanol–water partition coefficient (Wildman–Crippen LogP) is 6.27. The molecule has 2 amide bonds. The van der Waals surface area contributed by atoms with E-state index >= 15 is 0 Å². The first-order chi connectivity index (χ1) is 24.5. The van der Waals surface area contributed by atoms with Gasteiger partial charge in [0.1, 0.15) is 22.7 Å². The van der Waals surface area contributed by atoms with Crippen molar-refractivity contribution < 1.29 is 32.6 Å². The number of fused-ring (bicyclic) bond motifs is 1. The molecule has 2 unspecified atom stereocenters. The van der Waals surface area contributed by atoms with Crippen molar-refractivity contribution in [2.45, 2.75) is 92.6 Å². The van der Waals surface area contributed by atoms with Crippen LogP contribution in [0.4, 0.5) is 11.4 Å². The summed E-state index contributed by atoms with van der Waals surface area (Å²) in [5.74, 6) is -1.99. The van der Waals surface area contributed by atoms with Gasteiger partial charge in [-0.15, -0.1) is 11.8 Å². The Balaban J connectivity index is 1.46. The van der Waals surface area contributed by atoms with Gasteiger partial charge >= 0.3 is 5.97 Å². The standard InChI is InChI=1S/C38H48N4O7S2/c1-4-6-20-38(21-7-5-2)26-42(28-17-12-9-13-18-28)30-23-32(50-3)31(24-33(30)51(47,48)40-38)49-25-34(43)39-35(27-15-10-8-11-16-27)36(44)41-22-14-19-29(41)37(45)46/h8-13,15-18,23-24,29,35,40H,4-7,14,19-22,25-26H2,1-3H3,(H,39,43)(H,45,46). The van der Waals surface area contributed by atoms with Crippen molar-refractivity contribution in [1.82, 2.24) is 14.9 Å². The van der Waals surface area contributed by atoms with Crippen LogP contribution in [0.15, 0.2) is 82.6 Å². The third-order valence-corrected chi connectivity index (χ3v) is 12.0. The van der Waals surface area contributed by atoms with Gasteiger partial charge in [-0.05, 0) is 55.7 Å². The van der Waals surface area contributed by atoms with Gasteiger partial charge in [0.15, 0.2) is 6.61 Å². The number of hydrogen-bond donors (Lipinski definition) is 3. The van der Waals surface area contributed by atoms with Crippen molar-refractivity contribution in [3.8, 4) is 5.75 Å². The zero-order chi connectivity index (χ0) is 36.6. The largest absolute Gasteiger partial charge is 0.483 e. The zero-order valence-electron chi connectivity index (χ0n) is 29.5. The number of hydrogen-bond acceptors (Lipinski definition) is 8. The molecule has 5 rings (SSSR count).